The Kier molecular flexibility index (Phi) is 7.13. The Bertz CT molecular complexity index is 1090. The number of ether oxygens (including phenoxy) is 3. The van der Waals surface area contributed by atoms with Crippen molar-refractivity contribution in [2.75, 3.05) is 6.61 Å². The molecule has 1 amide bonds. The summed E-state index contributed by atoms with van der Waals surface area (Å²) in [4.78, 5) is 15.7. The van der Waals surface area contributed by atoms with Crippen LogP contribution >= 0.6 is 0 Å². The number of amides is 1. The molecule has 1 aliphatic carbocycles. The van der Waals surface area contributed by atoms with Crippen molar-refractivity contribution in [3.63, 3.8) is 0 Å². The van der Waals surface area contributed by atoms with Gasteiger partial charge in [0.1, 0.15) is 29.6 Å². The predicted octanol–water partition coefficient (Wildman–Crippen LogP) is 5.75. The summed E-state index contributed by atoms with van der Waals surface area (Å²) in [5, 5.41) is 2.89. The molecule has 1 saturated carbocycles. The Balaban J connectivity index is 1.31. The van der Waals surface area contributed by atoms with Gasteiger partial charge in [-0.25, -0.2) is 0 Å². The lowest BCUT2D eigenvalue weighted by Gasteiger charge is -2.15. The van der Waals surface area contributed by atoms with Crippen molar-refractivity contribution in [1.29, 1.82) is 0 Å². The Morgan fingerprint density at radius 2 is 1.88 bits per heavy atom. The summed E-state index contributed by atoms with van der Waals surface area (Å²) in [5.74, 6) is 3.66. The summed E-state index contributed by atoms with van der Waals surface area (Å²) >= 11 is 0. The zero-order valence-electron chi connectivity index (χ0n) is 19.3. The number of pyridine rings is 1. The molecule has 33 heavy (non-hydrogen) atoms. The van der Waals surface area contributed by atoms with Crippen molar-refractivity contribution in [3.05, 3.63) is 77.6 Å². The second-order valence-electron chi connectivity index (χ2n) is 8.55. The largest absolute Gasteiger partial charge is 0.493 e. The molecule has 6 nitrogen and oxygen atoms in total. The molecule has 3 aromatic rings. The molecule has 4 rings (SSSR count). The van der Waals surface area contributed by atoms with Gasteiger partial charge in [0, 0.05) is 13.0 Å². The van der Waals surface area contributed by atoms with Crippen molar-refractivity contribution < 1.29 is 19.0 Å². The minimum atomic E-state index is -0.0476. The monoisotopic (exact) mass is 446 g/mol. The van der Waals surface area contributed by atoms with Crippen LogP contribution in [-0.2, 0) is 11.4 Å². The quantitative estimate of drug-likeness (QED) is 0.430. The summed E-state index contributed by atoms with van der Waals surface area (Å²) in [6.07, 6.45) is 4.22. The van der Waals surface area contributed by atoms with Gasteiger partial charge in [-0.3, -0.25) is 9.78 Å². The van der Waals surface area contributed by atoms with Crippen LogP contribution in [-0.4, -0.2) is 17.5 Å². The first-order valence-corrected chi connectivity index (χ1v) is 11.3. The van der Waals surface area contributed by atoms with Gasteiger partial charge in [-0.15, -0.1) is 0 Å². The van der Waals surface area contributed by atoms with Crippen molar-refractivity contribution in [3.8, 4) is 23.0 Å². The molecule has 1 aromatic heterocycles. The fourth-order valence-electron chi connectivity index (χ4n) is 3.46. The molecule has 0 saturated heterocycles. The molecular weight excluding hydrogens is 416 g/mol. The van der Waals surface area contributed by atoms with Gasteiger partial charge >= 0.3 is 0 Å². The van der Waals surface area contributed by atoms with E-state index in [9.17, 15) is 4.79 Å². The first kappa shape index (κ1) is 22.6. The third-order valence-electron chi connectivity index (χ3n) is 5.52. The lowest BCUT2D eigenvalue weighted by molar-refractivity contribution is -0.119. The van der Waals surface area contributed by atoms with Crippen molar-refractivity contribution in [1.82, 2.24) is 10.3 Å². The minimum Gasteiger partial charge on any atom is -0.493 e. The molecule has 0 radical (unpaired) electrons. The molecule has 1 atom stereocenters. The summed E-state index contributed by atoms with van der Waals surface area (Å²) < 4.78 is 17.7. The lowest BCUT2D eigenvalue weighted by atomic mass is 10.0. The van der Waals surface area contributed by atoms with Gasteiger partial charge in [-0.05, 0) is 74.1 Å². The van der Waals surface area contributed by atoms with E-state index in [-0.39, 0.29) is 11.9 Å². The van der Waals surface area contributed by atoms with Crippen molar-refractivity contribution in [2.24, 2.45) is 5.92 Å². The summed E-state index contributed by atoms with van der Waals surface area (Å²) in [6.45, 7) is 6.60. The van der Waals surface area contributed by atoms with E-state index in [1.165, 1.54) is 19.8 Å². The highest BCUT2D eigenvalue weighted by Crippen LogP contribution is 2.31. The van der Waals surface area contributed by atoms with Crippen LogP contribution in [0.3, 0.4) is 0 Å². The SMILES string of the molecule is CC(=O)NC(C)c1ccc(OCc2ccc(Oc3cccc(OCC4CC4)c3)cn2)c(C)c1. The number of rotatable bonds is 10. The average Bonchev–Trinajstić information content (AvgIpc) is 3.62. The third-order valence-corrected chi connectivity index (χ3v) is 5.52. The maximum atomic E-state index is 11.3. The summed E-state index contributed by atoms with van der Waals surface area (Å²) in [6, 6.07) is 17.3. The van der Waals surface area contributed by atoms with E-state index in [1.807, 2.05) is 68.4 Å². The van der Waals surface area contributed by atoms with Crippen molar-refractivity contribution >= 4 is 5.91 Å². The molecule has 1 aliphatic rings. The first-order chi connectivity index (χ1) is 16.0. The molecule has 1 fully saturated rings. The van der Waals surface area contributed by atoms with Gasteiger partial charge in [0.15, 0.2) is 0 Å². The molecule has 172 valence electrons. The van der Waals surface area contributed by atoms with Crippen LogP contribution in [0.1, 0.15) is 49.6 Å². The Morgan fingerprint density at radius 3 is 2.58 bits per heavy atom. The highest BCUT2D eigenvalue weighted by Gasteiger charge is 2.21. The smallest absolute Gasteiger partial charge is 0.217 e. The maximum Gasteiger partial charge on any atom is 0.217 e. The number of hydrogen-bond acceptors (Lipinski definition) is 5. The van der Waals surface area contributed by atoms with Crippen molar-refractivity contribution in [2.45, 2.75) is 46.3 Å². The molecule has 2 aromatic carbocycles. The van der Waals surface area contributed by atoms with Crippen LogP contribution in [0, 0.1) is 12.8 Å². The van der Waals surface area contributed by atoms with E-state index >= 15 is 0 Å². The van der Waals surface area contributed by atoms with Gasteiger partial charge < -0.3 is 19.5 Å². The highest BCUT2D eigenvalue weighted by atomic mass is 16.5. The Labute approximate surface area is 194 Å². The number of nitrogens with zero attached hydrogens (tertiary/aromatic N) is 1. The van der Waals surface area contributed by atoms with Crippen LogP contribution in [0.2, 0.25) is 0 Å². The zero-order chi connectivity index (χ0) is 23.2. The van der Waals surface area contributed by atoms with E-state index in [0.717, 1.165) is 40.7 Å². The van der Waals surface area contributed by atoms with E-state index < -0.39 is 0 Å². The number of carbonyl (C=O) groups excluding carboxylic acids is 1. The van der Waals surface area contributed by atoms with Crippen LogP contribution in [0.25, 0.3) is 0 Å². The standard InChI is InChI=1S/C27H30N2O4/c1-18-13-22(19(2)29-20(3)30)9-12-27(18)32-17-23-10-11-26(15-28-23)33-25-6-4-5-24(14-25)31-16-21-7-8-21/h4-6,9-15,19,21H,7-8,16-17H2,1-3H3,(H,29,30). The molecular formula is C27H30N2O4. The normalized spacial score (nSPS) is 13.8. The lowest BCUT2D eigenvalue weighted by Crippen LogP contribution is -2.23. The highest BCUT2D eigenvalue weighted by molar-refractivity contribution is 5.73. The third kappa shape index (κ3) is 6.72. The zero-order valence-corrected chi connectivity index (χ0v) is 19.3. The molecule has 0 spiro atoms. The fraction of sp³-hybridized carbons (Fsp3) is 0.333. The van der Waals surface area contributed by atoms with Crippen LogP contribution in [0.15, 0.2) is 60.8 Å². The van der Waals surface area contributed by atoms with Crippen LogP contribution in [0.5, 0.6) is 23.0 Å². The van der Waals surface area contributed by atoms with Gasteiger partial charge in [0.25, 0.3) is 0 Å². The van der Waals surface area contributed by atoms with Crippen LogP contribution < -0.4 is 19.5 Å². The van der Waals surface area contributed by atoms with E-state index in [2.05, 4.69) is 10.3 Å². The first-order valence-electron chi connectivity index (χ1n) is 11.3. The van der Waals surface area contributed by atoms with Gasteiger partial charge in [-0.2, -0.15) is 0 Å². The average molecular weight is 447 g/mol. The number of aryl methyl sites for hydroxylation is 1. The van der Waals surface area contributed by atoms with Gasteiger partial charge in [0.2, 0.25) is 5.91 Å². The topological polar surface area (TPSA) is 69.7 Å². The van der Waals surface area contributed by atoms with E-state index in [0.29, 0.717) is 18.3 Å². The Hall–Kier alpha value is -3.54. The van der Waals surface area contributed by atoms with E-state index in [1.54, 1.807) is 6.20 Å². The number of nitrogens with one attached hydrogen (secondary N) is 1. The molecule has 6 heteroatoms. The molecule has 1 unspecified atom stereocenters. The number of hydrogen-bond donors (Lipinski definition) is 1. The molecule has 1 heterocycles. The fourth-order valence-corrected chi connectivity index (χ4v) is 3.46. The second kappa shape index (κ2) is 10.4. The van der Waals surface area contributed by atoms with E-state index in [4.69, 9.17) is 14.2 Å². The summed E-state index contributed by atoms with van der Waals surface area (Å²) in [5.41, 5.74) is 2.85. The Morgan fingerprint density at radius 1 is 1.06 bits per heavy atom. The maximum absolute atomic E-state index is 11.3. The number of carbonyl (C=O) groups is 1. The number of benzene rings is 2. The number of aromatic nitrogens is 1. The molecule has 0 bridgehead atoms. The molecule has 1 N–H and O–H groups in total. The second-order valence-corrected chi connectivity index (χ2v) is 8.55. The molecule has 0 aliphatic heterocycles. The van der Waals surface area contributed by atoms with Gasteiger partial charge in [-0.1, -0.05) is 18.2 Å². The van der Waals surface area contributed by atoms with Crippen LogP contribution in [0.4, 0.5) is 0 Å². The predicted molar refractivity (Wildman–Crippen MR) is 127 cm³/mol. The minimum absolute atomic E-state index is 0.0464. The summed E-state index contributed by atoms with van der Waals surface area (Å²) in [7, 11) is 0. The van der Waals surface area contributed by atoms with Gasteiger partial charge in [0.05, 0.1) is 24.5 Å².